The Morgan fingerprint density at radius 2 is 1.68 bits per heavy atom. The van der Waals surface area contributed by atoms with Crippen LogP contribution in [0.25, 0.3) is 11.1 Å². The van der Waals surface area contributed by atoms with Crippen LogP contribution in [0, 0.1) is 5.82 Å². The molecule has 0 saturated heterocycles. The molecule has 8 heteroatoms. The number of thiocarbonyl (C=S) groups is 1. The van der Waals surface area contributed by atoms with Gasteiger partial charge in [0.1, 0.15) is 5.82 Å². The lowest BCUT2D eigenvalue weighted by Gasteiger charge is -2.12. The molecule has 28 heavy (non-hydrogen) atoms. The molecule has 3 aromatic rings. The van der Waals surface area contributed by atoms with E-state index in [0.717, 1.165) is 0 Å². The van der Waals surface area contributed by atoms with Gasteiger partial charge in [-0.05, 0) is 54.2 Å². The first kappa shape index (κ1) is 19.6. The normalized spacial score (nSPS) is 10.4. The maximum absolute atomic E-state index is 14.5. The summed E-state index contributed by atoms with van der Waals surface area (Å²) in [5, 5.41) is 6.85. The van der Waals surface area contributed by atoms with Gasteiger partial charge >= 0.3 is 0 Å². The number of carbonyl (C=O) groups excluding carboxylic acids is 1. The van der Waals surface area contributed by atoms with E-state index < -0.39 is 11.7 Å². The maximum atomic E-state index is 14.5. The van der Waals surface area contributed by atoms with Crippen LogP contribution in [0.4, 0.5) is 21.5 Å². The van der Waals surface area contributed by atoms with E-state index in [0.29, 0.717) is 32.8 Å². The first-order valence-corrected chi connectivity index (χ1v) is 8.95. The highest BCUT2D eigenvalue weighted by atomic mass is 35.5. The van der Waals surface area contributed by atoms with Gasteiger partial charge in [0.05, 0.1) is 5.56 Å². The minimum Gasteiger partial charge on any atom is -0.399 e. The topological polar surface area (TPSA) is 93.2 Å². The van der Waals surface area contributed by atoms with Gasteiger partial charge in [-0.3, -0.25) is 4.79 Å². The fourth-order valence-corrected chi connectivity index (χ4v) is 3.14. The molecule has 0 saturated carbocycles. The summed E-state index contributed by atoms with van der Waals surface area (Å²) in [7, 11) is 0. The molecule has 0 unspecified atom stereocenters. The zero-order chi connectivity index (χ0) is 20.3. The van der Waals surface area contributed by atoms with E-state index in [2.05, 4.69) is 10.6 Å². The van der Waals surface area contributed by atoms with Crippen LogP contribution >= 0.6 is 23.8 Å². The van der Waals surface area contributed by atoms with Crippen LogP contribution in [0.1, 0.15) is 10.4 Å². The van der Waals surface area contributed by atoms with Crippen molar-refractivity contribution in [1.29, 1.82) is 0 Å². The van der Waals surface area contributed by atoms with Crippen molar-refractivity contribution in [1.82, 2.24) is 0 Å². The lowest BCUT2D eigenvalue weighted by molar-refractivity contribution is 0.0996. The van der Waals surface area contributed by atoms with Crippen LogP contribution < -0.4 is 22.1 Å². The standard InChI is InChI=1S/C20H16ClFN4OS/c21-12-8-13(23)10-15(9-12)26-20(28)25-14-6-4-11(5-7-14)16-2-1-3-17(18(16)22)19(24)27/h1-10H,23H2,(H2,24,27)(H2,25,26,28). The number of rotatable bonds is 4. The highest BCUT2D eigenvalue weighted by Gasteiger charge is 2.13. The van der Waals surface area contributed by atoms with Crippen molar-refractivity contribution in [2.75, 3.05) is 16.4 Å². The monoisotopic (exact) mass is 414 g/mol. The van der Waals surface area contributed by atoms with Crippen molar-refractivity contribution in [3.8, 4) is 11.1 Å². The molecule has 0 spiro atoms. The number of primary amides is 1. The van der Waals surface area contributed by atoms with Crippen molar-refractivity contribution in [2.45, 2.75) is 0 Å². The summed E-state index contributed by atoms with van der Waals surface area (Å²) in [6, 6.07) is 16.5. The average Bonchev–Trinajstić information content (AvgIpc) is 2.61. The quantitative estimate of drug-likeness (QED) is 0.368. The predicted molar refractivity (Wildman–Crippen MR) is 116 cm³/mol. The third-order valence-electron chi connectivity index (χ3n) is 3.90. The van der Waals surface area contributed by atoms with E-state index in [-0.39, 0.29) is 11.1 Å². The summed E-state index contributed by atoms with van der Waals surface area (Å²) >= 11 is 11.2. The van der Waals surface area contributed by atoms with Gasteiger partial charge in [-0.2, -0.15) is 0 Å². The van der Waals surface area contributed by atoms with Gasteiger partial charge in [0.15, 0.2) is 5.11 Å². The van der Waals surface area contributed by atoms with Crippen LogP contribution in [0.5, 0.6) is 0 Å². The molecule has 142 valence electrons. The maximum Gasteiger partial charge on any atom is 0.251 e. The fourth-order valence-electron chi connectivity index (χ4n) is 2.66. The summed E-state index contributed by atoms with van der Waals surface area (Å²) in [4.78, 5) is 11.3. The highest BCUT2D eigenvalue weighted by molar-refractivity contribution is 7.80. The fraction of sp³-hybridized carbons (Fsp3) is 0. The van der Waals surface area contributed by atoms with Crippen molar-refractivity contribution < 1.29 is 9.18 Å². The van der Waals surface area contributed by atoms with E-state index in [1.807, 2.05) is 0 Å². The summed E-state index contributed by atoms with van der Waals surface area (Å²) in [5.41, 5.74) is 13.6. The minimum absolute atomic E-state index is 0.147. The first-order valence-electron chi connectivity index (χ1n) is 8.16. The molecule has 1 amide bonds. The SMILES string of the molecule is NC(=O)c1cccc(-c2ccc(NC(=S)Nc3cc(N)cc(Cl)c3)cc2)c1F. The van der Waals surface area contributed by atoms with E-state index >= 15 is 0 Å². The van der Waals surface area contributed by atoms with Crippen molar-refractivity contribution in [3.05, 3.63) is 77.1 Å². The second-order valence-corrected chi connectivity index (χ2v) is 6.81. The van der Waals surface area contributed by atoms with Gasteiger partial charge in [0.2, 0.25) is 0 Å². The van der Waals surface area contributed by atoms with Crippen LogP contribution in [0.3, 0.4) is 0 Å². The third kappa shape index (κ3) is 4.57. The summed E-state index contributed by atoms with van der Waals surface area (Å²) in [6.45, 7) is 0. The molecule has 3 rings (SSSR count). The van der Waals surface area contributed by atoms with Gasteiger partial charge in [-0.25, -0.2) is 4.39 Å². The number of carbonyl (C=O) groups is 1. The molecule has 0 fully saturated rings. The molecule has 0 atom stereocenters. The Balaban J connectivity index is 1.73. The second-order valence-electron chi connectivity index (χ2n) is 5.96. The molecule has 0 aliphatic heterocycles. The smallest absolute Gasteiger partial charge is 0.251 e. The van der Waals surface area contributed by atoms with E-state index in [1.165, 1.54) is 6.07 Å². The number of nitrogen functional groups attached to an aromatic ring is 1. The zero-order valence-electron chi connectivity index (χ0n) is 14.5. The molecule has 6 N–H and O–H groups in total. The molecule has 0 radical (unpaired) electrons. The predicted octanol–water partition coefficient (Wildman–Crippen LogP) is 4.64. The van der Waals surface area contributed by atoms with Gasteiger partial charge in [0.25, 0.3) is 5.91 Å². The van der Waals surface area contributed by atoms with Crippen molar-refractivity contribution >= 4 is 51.9 Å². The van der Waals surface area contributed by atoms with Crippen LogP contribution in [0.15, 0.2) is 60.7 Å². The molecule has 0 heterocycles. The number of hydrogen-bond donors (Lipinski definition) is 4. The number of anilines is 3. The molecular weight excluding hydrogens is 399 g/mol. The molecule has 0 aromatic heterocycles. The number of hydrogen-bond acceptors (Lipinski definition) is 3. The molecule has 5 nitrogen and oxygen atoms in total. The lowest BCUT2D eigenvalue weighted by atomic mass is 10.0. The van der Waals surface area contributed by atoms with E-state index in [9.17, 15) is 9.18 Å². The molecule has 3 aromatic carbocycles. The summed E-state index contributed by atoms with van der Waals surface area (Å²) in [5.74, 6) is -1.46. The van der Waals surface area contributed by atoms with Gasteiger partial charge in [-0.15, -0.1) is 0 Å². The van der Waals surface area contributed by atoms with Crippen molar-refractivity contribution in [2.24, 2.45) is 5.73 Å². The largest absolute Gasteiger partial charge is 0.399 e. The number of nitrogens with two attached hydrogens (primary N) is 2. The molecular formula is C20H16ClFN4OS. The number of benzene rings is 3. The Bertz CT molecular complexity index is 1040. The Kier molecular flexibility index (Phi) is 5.77. The first-order chi connectivity index (χ1) is 13.3. The molecule has 0 bridgehead atoms. The highest BCUT2D eigenvalue weighted by Crippen LogP contribution is 2.26. The van der Waals surface area contributed by atoms with Gasteiger partial charge in [0, 0.05) is 27.6 Å². The molecule has 0 aliphatic rings. The zero-order valence-corrected chi connectivity index (χ0v) is 16.1. The lowest BCUT2D eigenvalue weighted by Crippen LogP contribution is -2.19. The Labute approximate surface area is 171 Å². The minimum atomic E-state index is -0.810. The van der Waals surface area contributed by atoms with Gasteiger partial charge < -0.3 is 22.1 Å². The van der Waals surface area contributed by atoms with Crippen LogP contribution in [0.2, 0.25) is 5.02 Å². The third-order valence-corrected chi connectivity index (χ3v) is 4.32. The van der Waals surface area contributed by atoms with E-state index in [1.54, 1.807) is 54.6 Å². The van der Waals surface area contributed by atoms with Crippen molar-refractivity contribution in [3.63, 3.8) is 0 Å². The average molecular weight is 415 g/mol. The van der Waals surface area contributed by atoms with E-state index in [4.69, 9.17) is 35.3 Å². The number of nitrogens with one attached hydrogen (secondary N) is 2. The van der Waals surface area contributed by atoms with Gasteiger partial charge in [-0.1, -0.05) is 35.9 Å². The van der Waals surface area contributed by atoms with Crippen LogP contribution in [-0.4, -0.2) is 11.0 Å². The number of halogens is 2. The summed E-state index contributed by atoms with van der Waals surface area (Å²) in [6.07, 6.45) is 0. The molecule has 0 aliphatic carbocycles. The Morgan fingerprint density at radius 1 is 1.00 bits per heavy atom. The summed E-state index contributed by atoms with van der Waals surface area (Å²) < 4.78 is 14.5. The van der Waals surface area contributed by atoms with Crippen LogP contribution in [-0.2, 0) is 0 Å². The number of amides is 1. The Morgan fingerprint density at radius 3 is 2.32 bits per heavy atom. The second kappa shape index (κ2) is 8.24. The Hall–Kier alpha value is -3.16.